The Balaban J connectivity index is 1.98. The average Bonchev–Trinajstić information content (AvgIpc) is 2.68. The van der Waals surface area contributed by atoms with E-state index in [1.54, 1.807) is 24.3 Å². The molecule has 142 valence electrons. The summed E-state index contributed by atoms with van der Waals surface area (Å²) in [5.41, 5.74) is 0.797. The van der Waals surface area contributed by atoms with Gasteiger partial charge in [-0.15, -0.1) is 0 Å². The molecular weight excluding hydrogens is 380 g/mol. The van der Waals surface area contributed by atoms with Gasteiger partial charge in [-0.25, -0.2) is 0 Å². The molecule has 0 bridgehead atoms. The Hall–Kier alpha value is -3.42. The highest BCUT2D eigenvalue weighted by Crippen LogP contribution is 2.33. The van der Waals surface area contributed by atoms with E-state index in [0.717, 1.165) is 17.7 Å². The normalized spacial score (nSPS) is 11.5. The lowest BCUT2D eigenvalue weighted by Gasteiger charge is -2.11. The second-order valence-corrected chi connectivity index (χ2v) is 7.21. The number of hydrogen-bond donors (Lipinski definition) is 2. The van der Waals surface area contributed by atoms with Gasteiger partial charge >= 0.3 is 0 Å². The fraction of sp³-hybridized carbons (Fsp3) is 0. The van der Waals surface area contributed by atoms with Crippen LogP contribution in [0, 0.1) is 0 Å². The van der Waals surface area contributed by atoms with Crippen LogP contribution in [0.2, 0.25) is 0 Å². The second-order valence-electron chi connectivity index (χ2n) is 5.82. The summed E-state index contributed by atoms with van der Waals surface area (Å²) in [4.78, 5) is 11.9. The van der Waals surface area contributed by atoms with E-state index in [1.807, 2.05) is 30.3 Å². The molecule has 0 radical (unpaired) electrons. The zero-order chi connectivity index (χ0) is 20.1. The summed E-state index contributed by atoms with van der Waals surface area (Å²) in [6, 6.07) is 19.0. The summed E-state index contributed by atoms with van der Waals surface area (Å²) in [6.45, 7) is 0. The van der Waals surface area contributed by atoms with Gasteiger partial charge in [-0.2, -0.15) is 8.42 Å². The number of ketones is 1. The van der Waals surface area contributed by atoms with Crippen LogP contribution in [-0.4, -0.2) is 23.9 Å². The first-order chi connectivity index (χ1) is 13.4. The predicted octanol–water partition coefficient (Wildman–Crippen LogP) is 3.92. The zero-order valence-corrected chi connectivity index (χ0v) is 15.3. The maximum Gasteiger partial charge on any atom is 0.298 e. The summed E-state index contributed by atoms with van der Waals surface area (Å²) in [7, 11) is -4.71. The number of aromatic hydroxyl groups is 1. The minimum absolute atomic E-state index is 0.261. The standard InChI is InChI=1S/C21H16O6S/c22-18-14-19(27-12-11-15-7-3-1-4-8-15)20(28(24,25)26)13-17(18)21(23)16-9-5-2-6-10-16/h1-14,22H,(H,24,25,26)/b12-11+. The molecule has 0 aromatic heterocycles. The van der Waals surface area contributed by atoms with Crippen molar-refractivity contribution in [3.63, 3.8) is 0 Å². The van der Waals surface area contributed by atoms with E-state index < -0.39 is 26.5 Å². The molecule has 0 saturated heterocycles. The molecule has 7 heteroatoms. The molecule has 0 heterocycles. The van der Waals surface area contributed by atoms with Gasteiger partial charge in [-0.05, 0) is 17.7 Å². The van der Waals surface area contributed by atoms with Gasteiger partial charge in [0.05, 0.1) is 11.8 Å². The van der Waals surface area contributed by atoms with Gasteiger partial charge in [0.15, 0.2) is 11.5 Å². The molecule has 6 nitrogen and oxygen atoms in total. The minimum atomic E-state index is -4.71. The van der Waals surface area contributed by atoms with Crippen LogP contribution in [0.15, 0.2) is 84.0 Å². The Labute approximate surface area is 162 Å². The van der Waals surface area contributed by atoms with E-state index in [4.69, 9.17) is 4.74 Å². The average molecular weight is 396 g/mol. The van der Waals surface area contributed by atoms with Crippen LogP contribution in [0.25, 0.3) is 6.08 Å². The maximum atomic E-state index is 12.6. The summed E-state index contributed by atoms with van der Waals surface area (Å²) in [6.07, 6.45) is 2.80. The molecular formula is C21H16O6S. The third-order valence-corrected chi connectivity index (χ3v) is 4.75. The molecule has 28 heavy (non-hydrogen) atoms. The summed E-state index contributed by atoms with van der Waals surface area (Å²) >= 11 is 0. The Morgan fingerprint density at radius 1 is 0.929 bits per heavy atom. The van der Waals surface area contributed by atoms with E-state index >= 15 is 0 Å². The molecule has 0 aliphatic heterocycles. The zero-order valence-electron chi connectivity index (χ0n) is 14.5. The number of ether oxygens (including phenoxy) is 1. The lowest BCUT2D eigenvalue weighted by molar-refractivity contribution is 0.103. The highest BCUT2D eigenvalue weighted by atomic mass is 32.2. The Kier molecular flexibility index (Phi) is 5.58. The van der Waals surface area contributed by atoms with Crippen molar-refractivity contribution in [3.8, 4) is 11.5 Å². The van der Waals surface area contributed by atoms with E-state index in [0.29, 0.717) is 0 Å². The van der Waals surface area contributed by atoms with Gasteiger partial charge in [0.2, 0.25) is 0 Å². The largest absolute Gasteiger partial charge is 0.507 e. The fourth-order valence-corrected chi connectivity index (χ4v) is 3.15. The summed E-state index contributed by atoms with van der Waals surface area (Å²) in [5.74, 6) is -1.37. The van der Waals surface area contributed by atoms with Crippen molar-refractivity contribution < 1.29 is 27.6 Å². The third-order valence-electron chi connectivity index (χ3n) is 3.88. The molecule has 0 amide bonds. The van der Waals surface area contributed by atoms with E-state index in [-0.39, 0.29) is 16.9 Å². The van der Waals surface area contributed by atoms with Crippen LogP contribution < -0.4 is 4.74 Å². The Bertz CT molecular complexity index is 1120. The second kappa shape index (κ2) is 8.08. The number of carbonyl (C=O) groups is 1. The van der Waals surface area contributed by atoms with Gasteiger partial charge in [0.25, 0.3) is 10.1 Å². The van der Waals surface area contributed by atoms with Crippen molar-refractivity contribution in [1.82, 2.24) is 0 Å². The predicted molar refractivity (Wildman–Crippen MR) is 104 cm³/mol. The van der Waals surface area contributed by atoms with E-state index in [1.165, 1.54) is 18.4 Å². The monoisotopic (exact) mass is 396 g/mol. The van der Waals surface area contributed by atoms with Crippen LogP contribution in [0.5, 0.6) is 11.5 Å². The van der Waals surface area contributed by atoms with Gasteiger partial charge in [-0.1, -0.05) is 60.7 Å². The molecule has 3 aromatic carbocycles. The molecule has 0 fully saturated rings. The number of phenolic OH excluding ortho intramolecular Hbond substituents is 1. The van der Waals surface area contributed by atoms with Crippen LogP contribution in [0.3, 0.4) is 0 Å². The topological polar surface area (TPSA) is 101 Å². The smallest absolute Gasteiger partial charge is 0.298 e. The number of rotatable bonds is 6. The molecule has 0 atom stereocenters. The summed E-state index contributed by atoms with van der Waals surface area (Å²) in [5, 5.41) is 10.2. The van der Waals surface area contributed by atoms with Gasteiger partial charge < -0.3 is 9.84 Å². The first kappa shape index (κ1) is 19.3. The lowest BCUT2D eigenvalue weighted by atomic mass is 10.0. The molecule has 3 aromatic rings. The van der Waals surface area contributed by atoms with Crippen LogP contribution in [0.1, 0.15) is 21.5 Å². The Morgan fingerprint density at radius 3 is 2.14 bits per heavy atom. The van der Waals surface area contributed by atoms with Crippen molar-refractivity contribution in [2.45, 2.75) is 4.90 Å². The number of phenols is 1. The van der Waals surface area contributed by atoms with E-state index in [2.05, 4.69) is 0 Å². The van der Waals surface area contributed by atoms with Crippen molar-refractivity contribution >= 4 is 22.0 Å². The van der Waals surface area contributed by atoms with Crippen molar-refractivity contribution in [1.29, 1.82) is 0 Å². The van der Waals surface area contributed by atoms with Gasteiger partial charge in [0.1, 0.15) is 10.6 Å². The third kappa shape index (κ3) is 4.46. The van der Waals surface area contributed by atoms with Gasteiger partial charge in [-0.3, -0.25) is 9.35 Å². The SMILES string of the molecule is O=C(c1ccccc1)c1cc(S(=O)(=O)O)c(O/C=C/c2ccccc2)cc1O. The van der Waals surface area contributed by atoms with Crippen LogP contribution in [0.4, 0.5) is 0 Å². The lowest BCUT2D eigenvalue weighted by Crippen LogP contribution is -2.07. The molecule has 3 rings (SSSR count). The molecule has 0 aliphatic rings. The Morgan fingerprint density at radius 2 is 1.54 bits per heavy atom. The van der Waals surface area contributed by atoms with Crippen LogP contribution in [-0.2, 0) is 10.1 Å². The maximum absolute atomic E-state index is 12.6. The van der Waals surface area contributed by atoms with Crippen molar-refractivity contribution in [3.05, 3.63) is 95.7 Å². The highest BCUT2D eigenvalue weighted by molar-refractivity contribution is 7.86. The molecule has 0 aliphatic carbocycles. The molecule has 2 N–H and O–H groups in total. The number of carbonyl (C=O) groups excluding carboxylic acids is 1. The fourth-order valence-electron chi connectivity index (χ4n) is 2.52. The first-order valence-electron chi connectivity index (χ1n) is 8.19. The quantitative estimate of drug-likeness (QED) is 0.372. The van der Waals surface area contributed by atoms with Crippen molar-refractivity contribution in [2.75, 3.05) is 0 Å². The van der Waals surface area contributed by atoms with E-state index in [9.17, 15) is 22.9 Å². The first-order valence-corrected chi connectivity index (χ1v) is 9.63. The van der Waals surface area contributed by atoms with Gasteiger partial charge in [0, 0.05) is 11.6 Å². The van der Waals surface area contributed by atoms with Crippen molar-refractivity contribution in [2.24, 2.45) is 0 Å². The molecule has 0 spiro atoms. The summed E-state index contributed by atoms with van der Waals surface area (Å²) < 4.78 is 38.4. The minimum Gasteiger partial charge on any atom is -0.507 e. The highest BCUT2D eigenvalue weighted by Gasteiger charge is 2.23. The van der Waals surface area contributed by atoms with Crippen LogP contribution >= 0.6 is 0 Å². The number of hydrogen-bond acceptors (Lipinski definition) is 5. The number of benzene rings is 3. The molecule has 0 unspecified atom stereocenters. The molecule has 0 saturated carbocycles.